The molecule has 1 saturated carbocycles. The number of piperidine rings is 1. The van der Waals surface area contributed by atoms with Crippen molar-refractivity contribution >= 4 is 5.97 Å². The predicted molar refractivity (Wildman–Crippen MR) is 84.6 cm³/mol. The highest BCUT2D eigenvalue weighted by atomic mass is 16.4. The molecule has 1 atom stereocenters. The Morgan fingerprint density at radius 1 is 1.33 bits per heavy atom. The lowest BCUT2D eigenvalue weighted by atomic mass is 9.96. The van der Waals surface area contributed by atoms with Crippen LogP contribution in [0.2, 0.25) is 0 Å². The summed E-state index contributed by atoms with van der Waals surface area (Å²) in [6.07, 6.45) is 5.31. The summed E-state index contributed by atoms with van der Waals surface area (Å²) in [6, 6.07) is 1.02. The second-order valence-corrected chi connectivity index (χ2v) is 6.95. The monoisotopic (exact) mass is 297 g/mol. The molecular weight excluding hydrogens is 266 g/mol. The summed E-state index contributed by atoms with van der Waals surface area (Å²) < 4.78 is 0. The molecule has 0 bridgehead atoms. The maximum absolute atomic E-state index is 11.6. The molecule has 5 heteroatoms. The fourth-order valence-corrected chi connectivity index (χ4v) is 3.18. The minimum Gasteiger partial charge on any atom is -0.480 e. The number of carboxylic acid groups (broad SMARTS) is 1. The van der Waals surface area contributed by atoms with Gasteiger partial charge in [0.15, 0.2) is 0 Å². The van der Waals surface area contributed by atoms with E-state index in [2.05, 4.69) is 29.1 Å². The number of nitrogens with one attached hydrogen (secondary N) is 1. The number of hydrogen-bond donors (Lipinski definition) is 2. The summed E-state index contributed by atoms with van der Waals surface area (Å²) in [4.78, 5) is 16.4. The molecule has 0 spiro atoms. The molecule has 2 N–H and O–H groups in total. The third-order valence-electron chi connectivity index (χ3n) is 5.16. The molecule has 0 aromatic rings. The van der Waals surface area contributed by atoms with Crippen LogP contribution in [0.15, 0.2) is 0 Å². The molecule has 21 heavy (non-hydrogen) atoms. The van der Waals surface area contributed by atoms with Gasteiger partial charge in [-0.2, -0.15) is 0 Å². The van der Waals surface area contributed by atoms with Crippen LogP contribution in [-0.2, 0) is 4.79 Å². The van der Waals surface area contributed by atoms with Gasteiger partial charge in [0.2, 0.25) is 0 Å². The average Bonchev–Trinajstić information content (AvgIpc) is 3.28. The van der Waals surface area contributed by atoms with E-state index in [9.17, 15) is 9.90 Å². The summed E-state index contributed by atoms with van der Waals surface area (Å²) in [5.41, 5.74) is -0.778. The molecule has 2 fully saturated rings. The van der Waals surface area contributed by atoms with E-state index >= 15 is 0 Å². The standard InChI is InChI=1S/C16H31N3O2/c1-4-19-10-7-14(8-11-19)18(3)12-9-16(2,15(20)21)17-13-5-6-13/h13-14,17H,4-12H2,1-3H3,(H,20,21). The number of carbonyl (C=O) groups is 1. The Hall–Kier alpha value is -0.650. The molecule has 1 heterocycles. The molecule has 1 unspecified atom stereocenters. The van der Waals surface area contributed by atoms with Gasteiger partial charge in [0.05, 0.1) is 0 Å². The van der Waals surface area contributed by atoms with Gasteiger partial charge in [-0.1, -0.05) is 6.92 Å². The van der Waals surface area contributed by atoms with Gasteiger partial charge in [0, 0.05) is 18.6 Å². The molecule has 1 saturated heterocycles. The van der Waals surface area contributed by atoms with Crippen molar-refractivity contribution in [2.75, 3.05) is 33.2 Å². The van der Waals surface area contributed by atoms with E-state index in [-0.39, 0.29) is 0 Å². The van der Waals surface area contributed by atoms with Crippen LogP contribution < -0.4 is 5.32 Å². The SMILES string of the molecule is CCN1CCC(N(C)CCC(C)(NC2CC2)C(=O)O)CC1. The molecule has 2 aliphatic rings. The Bertz CT molecular complexity index is 351. The van der Waals surface area contributed by atoms with Gasteiger partial charge in [-0.25, -0.2) is 0 Å². The van der Waals surface area contributed by atoms with E-state index in [1.54, 1.807) is 0 Å². The first kappa shape index (κ1) is 16.7. The van der Waals surface area contributed by atoms with Gasteiger partial charge < -0.3 is 14.9 Å². The van der Waals surface area contributed by atoms with Gasteiger partial charge >= 0.3 is 5.97 Å². The maximum atomic E-state index is 11.6. The predicted octanol–water partition coefficient (Wildman–Crippen LogP) is 1.39. The van der Waals surface area contributed by atoms with Crippen molar-refractivity contribution in [3.63, 3.8) is 0 Å². The van der Waals surface area contributed by atoms with Crippen LogP contribution in [0.1, 0.15) is 46.0 Å². The van der Waals surface area contributed by atoms with Crippen LogP contribution in [-0.4, -0.2) is 71.7 Å². The zero-order chi connectivity index (χ0) is 15.5. The zero-order valence-corrected chi connectivity index (χ0v) is 13.8. The van der Waals surface area contributed by atoms with Crippen molar-refractivity contribution in [1.29, 1.82) is 0 Å². The summed E-state index contributed by atoms with van der Waals surface area (Å²) in [5.74, 6) is -0.719. The quantitative estimate of drug-likeness (QED) is 0.709. The van der Waals surface area contributed by atoms with Gasteiger partial charge in [0.25, 0.3) is 0 Å². The van der Waals surface area contributed by atoms with Crippen LogP contribution >= 0.6 is 0 Å². The number of likely N-dealkylation sites (tertiary alicyclic amines) is 1. The fourth-order valence-electron chi connectivity index (χ4n) is 3.18. The highest BCUT2D eigenvalue weighted by Gasteiger charge is 2.38. The minimum atomic E-state index is -0.778. The molecule has 2 rings (SSSR count). The lowest BCUT2D eigenvalue weighted by Gasteiger charge is -2.37. The first-order chi connectivity index (χ1) is 9.94. The molecule has 0 radical (unpaired) electrons. The summed E-state index contributed by atoms with van der Waals surface area (Å²) in [5, 5.41) is 12.8. The zero-order valence-electron chi connectivity index (χ0n) is 13.8. The van der Waals surface area contributed by atoms with Crippen LogP contribution in [0.3, 0.4) is 0 Å². The number of carboxylic acids is 1. The van der Waals surface area contributed by atoms with E-state index < -0.39 is 11.5 Å². The molecule has 122 valence electrons. The van der Waals surface area contributed by atoms with Crippen molar-refractivity contribution in [3.8, 4) is 0 Å². The maximum Gasteiger partial charge on any atom is 0.323 e. The Labute approximate surface area is 128 Å². The Morgan fingerprint density at radius 2 is 1.95 bits per heavy atom. The van der Waals surface area contributed by atoms with Gasteiger partial charge in [-0.05, 0) is 65.7 Å². The second-order valence-electron chi connectivity index (χ2n) is 6.95. The van der Waals surface area contributed by atoms with Crippen molar-refractivity contribution in [3.05, 3.63) is 0 Å². The Morgan fingerprint density at radius 3 is 2.43 bits per heavy atom. The van der Waals surface area contributed by atoms with Crippen LogP contribution in [0.5, 0.6) is 0 Å². The normalized spacial score (nSPS) is 24.2. The van der Waals surface area contributed by atoms with Gasteiger partial charge in [0.1, 0.15) is 5.54 Å². The Kier molecular flexibility index (Phi) is 5.63. The van der Waals surface area contributed by atoms with Crippen LogP contribution in [0.4, 0.5) is 0 Å². The highest BCUT2D eigenvalue weighted by molar-refractivity contribution is 5.78. The average molecular weight is 297 g/mol. The first-order valence-corrected chi connectivity index (χ1v) is 8.38. The van der Waals surface area contributed by atoms with Crippen molar-refractivity contribution < 1.29 is 9.90 Å². The minimum absolute atomic E-state index is 0.421. The number of nitrogens with zero attached hydrogens (tertiary/aromatic N) is 2. The van der Waals surface area contributed by atoms with E-state index in [4.69, 9.17) is 0 Å². The smallest absolute Gasteiger partial charge is 0.323 e. The lowest BCUT2D eigenvalue weighted by molar-refractivity contribution is -0.144. The molecule has 5 nitrogen and oxygen atoms in total. The molecule has 1 aliphatic heterocycles. The number of aliphatic carboxylic acids is 1. The number of hydrogen-bond acceptors (Lipinski definition) is 4. The number of rotatable bonds is 8. The van der Waals surface area contributed by atoms with Gasteiger partial charge in [-0.3, -0.25) is 10.1 Å². The molecule has 0 aromatic heterocycles. The highest BCUT2D eigenvalue weighted by Crippen LogP contribution is 2.25. The molecule has 0 aromatic carbocycles. The van der Waals surface area contributed by atoms with E-state index in [1.807, 2.05) is 6.92 Å². The van der Waals surface area contributed by atoms with E-state index in [0.717, 1.165) is 25.9 Å². The van der Waals surface area contributed by atoms with Crippen LogP contribution in [0.25, 0.3) is 0 Å². The third-order valence-corrected chi connectivity index (χ3v) is 5.16. The lowest BCUT2D eigenvalue weighted by Crippen LogP contribution is -2.53. The third kappa shape index (κ3) is 4.66. The fraction of sp³-hybridized carbons (Fsp3) is 0.938. The van der Waals surface area contributed by atoms with Crippen molar-refractivity contribution in [2.24, 2.45) is 0 Å². The largest absolute Gasteiger partial charge is 0.480 e. The summed E-state index contributed by atoms with van der Waals surface area (Å²) in [6.45, 7) is 8.37. The molecule has 0 amide bonds. The second kappa shape index (κ2) is 7.07. The summed E-state index contributed by atoms with van der Waals surface area (Å²) >= 11 is 0. The van der Waals surface area contributed by atoms with Gasteiger partial charge in [-0.15, -0.1) is 0 Å². The Balaban J connectivity index is 1.78. The van der Waals surface area contributed by atoms with E-state index in [1.165, 1.54) is 25.9 Å². The molecular formula is C16H31N3O2. The molecule has 1 aliphatic carbocycles. The van der Waals surface area contributed by atoms with Crippen molar-refractivity contribution in [1.82, 2.24) is 15.1 Å². The van der Waals surface area contributed by atoms with E-state index in [0.29, 0.717) is 18.5 Å². The summed E-state index contributed by atoms with van der Waals surface area (Å²) in [7, 11) is 2.14. The first-order valence-electron chi connectivity index (χ1n) is 8.38. The van der Waals surface area contributed by atoms with Crippen LogP contribution in [0, 0.1) is 0 Å². The topological polar surface area (TPSA) is 55.8 Å². The van der Waals surface area contributed by atoms with Crippen molar-refractivity contribution in [2.45, 2.75) is 63.6 Å².